The summed E-state index contributed by atoms with van der Waals surface area (Å²) in [7, 11) is 0. The Kier molecular flexibility index (Phi) is 4.96. The Labute approximate surface area is 169 Å². The normalized spacial score (nSPS) is 17.5. The zero-order valence-corrected chi connectivity index (χ0v) is 16.3. The monoisotopic (exact) mass is 391 g/mol. The minimum atomic E-state index is -0.749. The number of hydrogen-bond acceptors (Lipinski definition) is 3. The van der Waals surface area contributed by atoms with Gasteiger partial charge in [-0.05, 0) is 49.1 Å². The Hall–Kier alpha value is -3.35. The Bertz CT molecular complexity index is 949. The molecule has 2 aromatic rings. The lowest BCUT2D eigenvalue weighted by molar-refractivity contribution is -0.126. The molecule has 7 nitrogen and oxygen atoms in total. The topological polar surface area (TPSA) is 92.6 Å². The fourth-order valence-electron chi connectivity index (χ4n) is 4.09. The van der Waals surface area contributed by atoms with Gasteiger partial charge in [-0.15, -0.1) is 0 Å². The van der Waals surface area contributed by atoms with Crippen molar-refractivity contribution in [1.82, 2.24) is 10.2 Å². The number of benzene rings is 2. The van der Waals surface area contributed by atoms with Gasteiger partial charge in [-0.1, -0.05) is 43.2 Å². The molecular formula is C22H23N4O3. The molecule has 1 radical (unpaired) electrons. The first-order chi connectivity index (χ1) is 14.0. The Morgan fingerprint density at radius 1 is 1.03 bits per heavy atom. The second-order valence-electron chi connectivity index (χ2n) is 7.62. The lowest BCUT2D eigenvalue weighted by atomic mass is 9.95. The van der Waals surface area contributed by atoms with E-state index in [0.717, 1.165) is 29.7 Å². The van der Waals surface area contributed by atoms with Gasteiger partial charge in [0.25, 0.3) is 5.91 Å². The first kappa shape index (κ1) is 19.0. The molecule has 1 spiro atoms. The van der Waals surface area contributed by atoms with Crippen molar-refractivity contribution in [1.29, 1.82) is 0 Å². The van der Waals surface area contributed by atoms with Gasteiger partial charge in [-0.3, -0.25) is 4.79 Å². The van der Waals surface area contributed by atoms with Gasteiger partial charge in [0.05, 0.1) is 0 Å². The first-order valence-corrected chi connectivity index (χ1v) is 9.78. The van der Waals surface area contributed by atoms with Crippen molar-refractivity contribution >= 4 is 29.3 Å². The average Bonchev–Trinajstić information content (AvgIpc) is 3.27. The summed E-state index contributed by atoms with van der Waals surface area (Å²) in [5, 5.41) is 9.31. The molecule has 1 aliphatic heterocycles. The molecule has 2 aliphatic rings. The van der Waals surface area contributed by atoms with E-state index in [9.17, 15) is 14.4 Å². The van der Waals surface area contributed by atoms with Crippen LogP contribution in [0.15, 0.2) is 48.5 Å². The van der Waals surface area contributed by atoms with Crippen LogP contribution in [0.4, 0.5) is 21.0 Å². The highest BCUT2D eigenvalue weighted by atomic mass is 16.2. The molecule has 2 N–H and O–H groups in total. The minimum absolute atomic E-state index is 0.300. The first-order valence-electron chi connectivity index (χ1n) is 9.78. The molecule has 1 aliphatic carbocycles. The highest BCUT2D eigenvalue weighted by Gasteiger charge is 2.55. The summed E-state index contributed by atoms with van der Waals surface area (Å²) >= 11 is 0. The van der Waals surface area contributed by atoms with Crippen molar-refractivity contribution in [2.45, 2.75) is 44.7 Å². The van der Waals surface area contributed by atoms with Gasteiger partial charge in [-0.2, -0.15) is 5.32 Å². The summed E-state index contributed by atoms with van der Waals surface area (Å²) in [4.78, 5) is 38.3. The van der Waals surface area contributed by atoms with Gasteiger partial charge in [0.2, 0.25) is 0 Å². The molecule has 0 bridgehead atoms. The van der Waals surface area contributed by atoms with Gasteiger partial charge < -0.3 is 15.5 Å². The van der Waals surface area contributed by atoms with E-state index in [0.29, 0.717) is 25.1 Å². The molecule has 0 aromatic heterocycles. The molecule has 7 heteroatoms. The zero-order valence-electron chi connectivity index (χ0n) is 16.3. The van der Waals surface area contributed by atoms with Crippen molar-refractivity contribution in [3.8, 4) is 0 Å². The molecule has 4 rings (SSSR count). The van der Waals surface area contributed by atoms with Gasteiger partial charge in [0, 0.05) is 17.9 Å². The molecule has 1 heterocycles. The Morgan fingerprint density at radius 2 is 1.72 bits per heavy atom. The van der Waals surface area contributed by atoms with Crippen LogP contribution in [-0.4, -0.2) is 28.4 Å². The minimum Gasteiger partial charge on any atom is -0.308 e. The molecule has 1 saturated heterocycles. The SMILES string of the molecule is Cc1ccccc1NC(=O)Nc1ccc(CN2C(=O)[N]C(=O)C23CCCC3)cc1. The van der Waals surface area contributed by atoms with Gasteiger partial charge >= 0.3 is 12.1 Å². The zero-order chi connectivity index (χ0) is 20.4. The lowest BCUT2D eigenvalue weighted by Gasteiger charge is -2.31. The fourth-order valence-corrected chi connectivity index (χ4v) is 4.09. The lowest BCUT2D eigenvalue weighted by Crippen LogP contribution is -2.46. The Balaban J connectivity index is 1.40. The van der Waals surface area contributed by atoms with Crippen LogP contribution in [-0.2, 0) is 11.3 Å². The van der Waals surface area contributed by atoms with Crippen LogP contribution in [0.1, 0.15) is 36.8 Å². The van der Waals surface area contributed by atoms with E-state index in [1.807, 2.05) is 43.3 Å². The molecule has 5 amide bonds. The van der Waals surface area contributed by atoms with Crippen molar-refractivity contribution < 1.29 is 14.4 Å². The van der Waals surface area contributed by atoms with Crippen LogP contribution >= 0.6 is 0 Å². The number of anilines is 2. The van der Waals surface area contributed by atoms with Crippen LogP contribution in [0.25, 0.3) is 0 Å². The second-order valence-corrected chi connectivity index (χ2v) is 7.62. The number of nitrogens with zero attached hydrogens (tertiary/aromatic N) is 2. The molecule has 149 valence electrons. The van der Waals surface area contributed by atoms with E-state index >= 15 is 0 Å². The maximum Gasteiger partial charge on any atom is 0.347 e. The largest absolute Gasteiger partial charge is 0.347 e. The number of imide groups is 1. The number of amides is 5. The number of aryl methyl sites for hydroxylation is 1. The average molecular weight is 391 g/mol. The summed E-state index contributed by atoms with van der Waals surface area (Å²) in [5.41, 5.74) is 2.52. The summed E-state index contributed by atoms with van der Waals surface area (Å²) in [6, 6.07) is 14.1. The standard InChI is InChI=1S/C22H23N4O3/c1-15-6-2-3-7-18(15)24-20(28)23-17-10-8-16(9-11-17)14-26-21(29)25-19(27)22(26)12-4-5-13-22/h2-3,6-11H,4-5,12-14H2,1H3,(H2,23,24,28). The summed E-state index contributed by atoms with van der Waals surface area (Å²) in [6.45, 7) is 2.27. The van der Waals surface area contributed by atoms with Crippen molar-refractivity contribution in [2.24, 2.45) is 0 Å². The fraction of sp³-hybridized carbons (Fsp3) is 0.318. The number of hydrogen-bond donors (Lipinski definition) is 2. The maximum absolute atomic E-state index is 12.3. The number of urea groups is 2. The number of nitrogens with one attached hydrogen (secondary N) is 2. The highest BCUT2D eigenvalue weighted by molar-refractivity contribution is 6.06. The van der Waals surface area contributed by atoms with Crippen LogP contribution < -0.4 is 16.0 Å². The van der Waals surface area contributed by atoms with Crippen molar-refractivity contribution in [3.05, 3.63) is 59.7 Å². The third-order valence-corrected chi connectivity index (χ3v) is 5.72. The molecule has 29 heavy (non-hydrogen) atoms. The van der Waals surface area contributed by atoms with Crippen molar-refractivity contribution in [2.75, 3.05) is 10.6 Å². The highest BCUT2D eigenvalue weighted by Crippen LogP contribution is 2.40. The van der Waals surface area contributed by atoms with Gasteiger partial charge in [0.15, 0.2) is 0 Å². The molecule has 0 unspecified atom stereocenters. The molecule has 0 atom stereocenters. The van der Waals surface area contributed by atoms with Gasteiger partial charge in [-0.25, -0.2) is 9.59 Å². The van der Waals surface area contributed by atoms with E-state index < -0.39 is 11.6 Å². The second kappa shape index (κ2) is 7.58. The quantitative estimate of drug-likeness (QED) is 0.771. The summed E-state index contributed by atoms with van der Waals surface area (Å²) < 4.78 is 0. The summed E-state index contributed by atoms with van der Waals surface area (Å²) in [6.07, 6.45) is 3.23. The van der Waals surface area contributed by atoms with Crippen LogP contribution in [0.5, 0.6) is 0 Å². The molecular weight excluding hydrogens is 368 g/mol. The smallest absolute Gasteiger partial charge is 0.308 e. The third-order valence-electron chi connectivity index (χ3n) is 5.72. The van der Waals surface area contributed by atoms with E-state index in [1.54, 1.807) is 17.0 Å². The third kappa shape index (κ3) is 3.68. The predicted octanol–water partition coefficient (Wildman–Crippen LogP) is 4.02. The van der Waals surface area contributed by atoms with Crippen molar-refractivity contribution in [3.63, 3.8) is 0 Å². The van der Waals surface area contributed by atoms with E-state index in [1.165, 1.54) is 0 Å². The maximum atomic E-state index is 12.3. The van der Waals surface area contributed by atoms with E-state index in [4.69, 9.17) is 0 Å². The molecule has 2 aromatic carbocycles. The van der Waals surface area contributed by atoms with E-state index in [-0.39, 0.29) is 11.9 Å². The van der Waals surface area contributed by atoms with E-state index in [2.05, 4.69) is 16.0 Å². The molecule has 1 saturated carbocycles. The number of carbonyl (C=O) groups is 3. The summed E-state index contributed by atoms with van der Waals surface area (Å²) in [5.74, 6) is -0.300. The number of para-hydroxylation sites is 1. The van der Waals surface area contributed by atoms with Crippen LogP contribution in [0.3, 0.4) is 0 Å². The van der Waals surface area contributed by atoms with Crippen LogP contribution in [0.2, 0.25) is 0 Å². The molecule has 2 fully saturated rings. The van der Waals surface area contributed by atoms with Crippen LogP contribution in [0, 0.1) is 6.92 Å². The number of carbonyl (C=O) groups excluding carboxylic acids is 3. The predicted molar refractivity (Wildman–Crippen MR) is 110 cm³/mol. The van der Waals surface area contributed by atoms with Gasteiger partial charge in [0.1, 0.15) is 5.54 Å². The Morgan fingerprint density at radius 3 is 2.41 bits per heavy atom. The number of rotatable bonds is 4.